The Kier molecular flexibility index (Phi) is 4.28. The maximum absolute atomic E-state index is 11.8. The molecule has 0 bridgehead atoms. The first-order valence-corrected chi connectivity index (χ1v) is 4.70. The second kappa shape index (κ2) is 5.48. The summed E-state index contributed by atoms with van der Waals surface area (Å²) in [5.74, 6) is -1.00. The minimum atomic E-state index is -4.45. The van der Waals surface area contributed by atoms with Crippen LogP contribution >= 0.6 is 0 Å². The Balaban J connectivity index is 2.24. The van der Waals surface area contributed by atoms with E-state index < -0.39 is 18.5 Å². The Hall–Kier alpha value is -1.59. The molecule has 6 heteroatoms. The largest absolute Gasteiger partial charge is 0.397 e. The Bertz CT molecular complexity index is 338. The Morgan fingerprint density at radius 3 is 2.75 bits per heavy atom. The summed E-state index contributed by atoms with van der Waals surface area (Å²) in [6, 6.07) is 3.52. The van der Waals surface area contributed by atoms with Gasteiger partial charge >= 0.3 is 6.18 Å². The molecule has 1 amide bonds. The van der Waals surface area contributed by atoms with Crippen LogP contribution in [0.1, 0.15) is 12.0 Å². The highest BCUT2D eigenvalue weighted by Crippen LogP contribution is 2.18. The number of alkyl halides is 3. The van der Waals surface area contributed by atoms with Crippen molar-refractivity contribution in [2.45, 2.75) is 19.0 Å². The summed E-state index contributed by atoms with van der Waals surface area (Å²) < 4.78 is 35.4. The predicted octanol–water partition coefficient (Wildman–Crippen LogP) is 1.69. The molecule has 1 heterocycles. The van der Waals surface area contributed by atoms with Gasteiger partial charge in [-0.05, 0) is 18.1 Å². The summed E-state index contributed by atoms with van der Waals surface area (Å²) in [5, 5.41) is 2.20. The third-order valence-electron chi connectivity index (χ3n) is 1.82. The van der Waals surface area contributed by atoms with Gasteiger partial charge in [-0.2, -0.15) is 13.2 Å². The highest BCUT2D eigenvalue weighted by molar-refractivity contribution is 5.76. The predicted molar refractivity (Wildman–Crippen MR) is 51.6 cm³/mol. The Morgan fingerprint density at radius 2 is 2.19 bits per heavy atom. The van der Waals surface area contributed by atoms with Crippen molar-refractivity contribution < 1.29 is 18.0 Å². The van der Waals surface area contributed by atoms with Gasteiger partial charge in [0.25, 0.3) is 0 Å². The van der Waals surface area contributed by atoms with Gasteiger partial charge in [-0.25, -0.2) is 0 Å². The minimum Gasteiger partial charge on any atom is -0.355 e. The molecule has 88 valence electrons. The molecule has 0 atom stereocenters. The van der Waals surface area contributed by atoms with Crippen molar-refractivity contribution in [3.8, 4) is 0 Å². The number of pyridine rings is 1. The van der Waals surface area contributed by atoms with Crippen molar-refractivity contribution in [1.82, 2.24) is 10.3 Å². The summed E-state index contributed by atoms with van der Waals surface area (Å²) in [6.07, 6.45) is -2.20. The van der Waals surface area contributed by atoms with E-state index in [0.717, 1.165) is 5.56 Å². The molecule has 1 aromatic heterocycles. The molecule has 0 aliphatic carbocycles. The van der Waals surface area contributed by atoms with Crippen molar-refractivity contribution in [2.24, 2.45) is 0 Å². The number of rotatable bonds is 4. The molecule has 0 spiro atoms. The first-order chi connectivity index (χ1) is 7.47. The van der Waals surface area contributed by atoms with Crippen LogP contribution in [-0.4, -0.2) is 23.6 Å². The lowest BCUT2D eigenvalue weighted by Gasteiger charge is -2.07. The van der Waals surface area contributed by atoms with Gasteiger partial charge in [0.2, 0.25) is 5.91 Å². The molecule has 0 aliphatic heterocycles. The molecule has 0 unspecified atom stereocenters. The maximum atomic E-state index is 11.8. The molecule has 0 radical (unpaired) electrons. The van der Waals surface area contributed by atoms with Gasteiger partial charge in [0, 0.05) is 18.9 Å². The average molecular weight is 232 g/mol. The van der Waals surface area contributed by atoms with E-state index in [1.807, 2.05) is 0 Å². The van der Waals surface area contributed by atoms with Gasteiger partial charge in [0.1, 0.15) is 6.42 Å². The van der Waals surface area contributed by atoms with Crippen LogP contribution in [0, 0.1) is 0 Å². The first kappa shape index (κ1) is 12.5. The lowest BCUT2D eigenvalue weighted by Crippen LogP contribution is -2.30. The quantitative estimate of drug-likeness (QED) is 0.858. The first-order valence-electron chi connectivity index (χ1n) is 4.70. The fourth-order valence-corrected chi connectivity index (χ4v) is 1.14. The fourth-order valence-electron chi connectivity index (χ4n) is 1.14. The standard InChI is InChI=1S/C10H11F3N2O/c11-10(12,13)6-9(16)15-5-3-8-2-1-4-14-7-8/h1-2,4,7H,3,5-6H2,(H,15,16). The third-order valence-corrected chi connectivity index (χ3v) is 1.82. The average Bonchev–Trinajstić information content (AvgIpc) is 2.16. The second-order valence-corrected chi connectivity index (χ2v) is 3.25. The highest BCUT2D eigenvalue weighted by atomic mass is 19.4. The van der Waals surface area contributed by atoms with Gasteiger partial charge < -0.3 is 5.32 Å². The summed E-state index contributed by atoms with van der Waals surface area (Å²) in [6.45, 7) is 0.181. The molecule has 1 aromatic rings. The smallest absolute Gasteiger partial charge is 0.355 e. The monoisotopic (exact) mass is 232 g/mol. The zero-order chi connectivity index (χ0) is 12.0. The number of carbonyl (C=O) groups excluding carboxylic acids is 1. The normalized spacial score (nSPS) is 11.2. The van der Waals surface area contributed by atoms with Crippen LogP contribution in [0.2, 0.25) is 0 Å². The number of nitrogens with zero attached hydrogens (tertiary/aromatic N) is 1. The SMILES string of the molecule is O=C(CC(F)(F)F)NCCc1cccnc1. The number of nitrogens with one attached hydrogen (secondary N) is 1. The van der Waals surface area contributed by atoms with Gasteiger partial charge in [-0.3, -0.25) is 9.78 Å². The van der Waals surface area contributed by atoms with E-state index in [9.17, 15) is 18.0 Å². The van der Waals surface area contributed by atoms with E-state index in [1.54, 1.807) is 24.5 Å². The number of aromatic nitrogens is 1. The maximum Gasteiger partial charge on any atom is 0.397 e. The molecular formula is C10H11F3N2O. The zero-order valence-electron chi connectivity index (χ0n) is 8.42. The minimum absolute atomic E-state index is 0.181. The molecule has 0 aromatic carbocycles. The van der Waals surface area contributed by atoms with Crippen LogP contribution in [0.5, 0.6) is 0 Å². The van der Waals surface area contributed by atoms with Crippen LogP contribution in [0.25, 0.3) is 0 Å². The molecule has 0 aliphatic rings. The topological polar surface area (TPSA) is 42.0 Å². The van der Waals surface area contributed by atoms with Gasteiger partial charge in [-0.1, -0.05) is 6.07 Å². The number of hydrogen-bond donors (Lipinski definition) is 1. The Morgan fingerprint density at radius 1 is 1.44 bits per heavy atom. The van der Waals surface area contributed by atoms with Crippen molar-refractivity contribution >= 4 is 5.91 Å². The summed E-state index contributed by atoms with van der Waals surface area (Å²) >= 11 is 0. The van der Waals surface area contributed by atoms with Gasteiger partial charge in [0.05, 0.1) is 0 Å². The number of carbonyl (C=O) groups is 1. The molecule has 0 saturated heterocycles. The summed E-state index contributed by atoms with van der Waals surface area (Å²) in [4.78, 5) is 14.7. The van der Waals surface area contributed by atoms with Crippen LogP contribution in [0.4, 0.5) is 13.2 Å². The van der Waals surface area contributed by atoms with E-state index in [1.165, 1.54) is 0 Å². The van der Waals surface area contributed by atoms with E-state index in [2.05, 4.69) is 10.3 Å². The lowest BCUT2D eigenvalue weighted by atomic mass is 10.2. The summed E-state index contributed by atoms with van der Waals surface area (Å²) in [5.41, 5.74) is 0.870. The van der Waals surface area contributed by atoms with Crippen LogP contribution < -0.4 is 5.32 Å². The number of hydrogen-bond acceptors (Lipinski definition) is 2. The van der Waals surface area contributed by atoms with E-state index in [-0.39, 0.29) is 6.54 Å². The van der Waals surface area contributed by atoms with E-state index >= 15 is 0 Å². The van der Waals surface area contributed by atoms with Crippen LogP contribution in [-0.2, 0) is 11.2 Å². The van der Waals surface area contributed by atoms with Crippen LogP contribution in [0.15, 0.2) is 24.5 Å². The molecular weight excluding hydrogens is 221 g/mol. The van der Waals surface area contributed by atoms with Gasteiger partial charge in [-0.15, -0.1) is 0 Å². The highest BCUT2D eigenvalue weighted by Gasteiger charge is 2.30. The van der Waals surface area contributed by atoms with Crippen LogP contribution in [0.3, 0.4) is 0 Å². The van der Waals surface area contributed by atoms with Crippen molar-refractivity contribution in [1.29, 1.82) is 0 Å². The van der Waals surface area contributed by atoms with E-state index in [0.29, 0.717) is 6.42 Å². The molecule has 16 heavy (non-hydrogen) atoms. The number of amides is 1. The molecule has 3 nitrogen and oxygen atoms in total. The van der Waals surface area contributed by atoms with Crippen molar-refractivity contribution in [3.63, 3.8) is 0 Å². The molecule has 0 fully saturated rings. The second-order valence-electron chi connectivity index (χ2n) is 3.25. The summed E-state index contributed by atoms with van der Waals surface area (Å²) in [7, 11) is 0. The van der Waals surface area contributed by atoms with Gasteiger partial charge in [0.15, 0.2) is 0 Å². The van der Waals surface area contributed by atoms with Crippen molar-refractivity contribution in [3.05, 3.63) is 30.1 Å². The third kappa shape index (κ3) is 5.33. The fraction of sp³-hybridized carbons (Fsp3) is 0.400. The van der Waals surface area contributed by atoms with E-state index in [4.69, 9.17) is 0 Å². The number of halogens is 3. The Labute approximate surface area is 90.7 Å². The lowest BCUT2D eigenvalue weighted by molar-refractivity contribution is -0.153. The molecule has 1 N–H and O–H groups in total. The zero-order valence-corrected chi connectivity index (χ0v) is 8.42. The van der Waals surface area contributed by atoms with Crippen molar-refractivity contribution in [2.75, 3.05) is 6.54 Å². The molecule has 1 rings (SSSR count). The molecule has 0 saturated carbocycles.